The van der Waals surface area contributed by atoms with Crippen LogP contribution in [-0.2, 0) is 11.2 Å². The SMILES string of the molecule is COc1ccc(CCN2CCN(CC(=O)N[C@](C)(C#N)C(C)C)CC2)cc1. The van der Waals surface area contributed by atoms with E-state index >= 15 is 0 Å². The van der Waals surface area contributed by atoms with E-state index in [1.54, 1.807) is 14.0 Å². The Morgan fingerprint density at radius 2 is 1.81 bits per heavy atom. The van der Waals surface area contributed by atoms with E-state index in [4.69, 9.17) is 4.74 Å². The Labute approximate surface area is 163 Å². The summed E-state index contributed by atoms with van der Waals surface area (Å²) in [5.41, 5.74) is 0.499. The summed E-state index contributed by atoms with van der Waals surface area (Å²) in [5, 5.41) is 12.2. The first kappa shape index (κ1) is 21.2. The fourth-order valence-electron chi connectivity index (χ4n) is 3.08. The fourth-order valence-corrected chi connectivity index (χ4v) is 3.08. The van der Waals surface area contributed by atoms with Crippen molar-refractivity contribution in [3.05, 3.63) is 29.8 Å². The van der Waals surface area contributed by atoms with E-state index in [2.05, 4.69) is 33.3 Å². The number of hydrogen-bond donors (Lipinski definition) is 1. The number of nitrogens with zero attached hydrogens (tertiary/aromatic N) is 3. The van der Waals surface area contributed by atoms with Gasteiger partial charge in [-0.25, -0.2) is 0 Å². The highest BCUT2D eigenvalue weighted by molar-refractivity contribution is 5.79. The predicted molar refractivity (Wildman–Crippen MR) is 107 cm³/mol. The molecule has 6 nitrogen and oxygen atoms in total. The van der Waals surface area contributed by atoms with Gasteiger partial charge in [0, 0.05) is 32.7 Å². The van der Waals surface area contributed by atoms with Crippen molar-refractivity contribution < 1.29 is 9.53 Å². The van der Waals surface area contributed by atoms with E-state index in [-0.39, 0.29) is 11.8 Å². The summed E-state index contributed by atoms with van der Waals surface area (Å²) in [7, 11) is 1.68. The third kappa shape index (κ3) is 6.23. The molecule has 1 amide bonds. The summed E-state index contributed by atoms with van der Waals surface area (Å²) >= 11 is 0. The molecule has 27 heavy (non-hydrogen) atoms. The second-order valence-electron chi connectivity index (χ2n) is 7.73. The maximum absolute atomic E-state index is 12.3. The van der Waals surface area contributed by atoms with Gasteiger partial charge in [0.2, 0.25) is 5.91 Å². The second kappa shape index (κ2) is 9.72. The smallest absolute Gasteiger partial charge is 0.235 e. The van der Waals surface area contributed by atoms with Crippen LogP contribution in [0.3, 0.4) is 0 Å². The van der Waals surface area contributed by atoms with Crippen molar-refractivity contribution in [1.29, 1.82) is 5.26 Å². The second-order valence-corrected chi connectivity index (χ2v) is 7.73. The standard InChI is InChI=1S/C21H32N4O2/c1-17(2)21(3,16-22)23-20(26)15-25-13-11-24(12-14-25)10-9-18-5-7-19(27-4)8-6-18/h5-8,17H,9-15H2,1-4H3,(H,23,26)/t21-/m1/s1. The molecule has 1 aromatic carbocycles. The molecular weight excluding hydrogens is 340 g/mol. The first-order chi connectivity index (χ1) is 12.9. The average molecular weight is 373 g/mol. The van der Waals surface area contributed by atoms with Gasteiger partial charge in [-0.2, -0.15) is 5.26 Å². The van der Waals surface area contributed by atoms with Crippen LogP contribution in [0.25, 0.3) is 0 Å². The molecule has 0 radical (unpaired) electrons. The molecule has 0 unspecified atom stereocenters. The number of nitriles is 1. The lowest BCUT2D eigenvalue weighted by atomic mass is 9.90. The lowest BCUT2D eigenvalue weighted by Crippen LogP contribution is -2.54. The maximum Gasteiger partial charge on any atom is 0.235 e. The van der Waals surface area contributed by atoms with Crippen molar-refractivity contribution in [1.82, 2.24) is 15.1 Å². The van der Waals surface area contributed by atoms with Crippen LogP contribution in [0.5, 0.6) is 5.75 Å². The number of amides is 1. The molecule has 1 heterocycles. The van der Waals surface area contributed by atoms with E-state index < -0.39 is 5.54 Å². The van der Waals surface area contributed by atoms with Crippen LogP contribution in [0, 0.1) is 17.2 Å². The molecule has 1 aliphatic heterocycles. The third-order valence-corrected chi connectivity index (χ3v) is 5.49. The first-order valence-corrected chi connectivity index (χ1v) is 9.66. The van der Waals surface area contributed by atoms with Crippen LogP contribution in [0.4, 0.5) is 0 Å². The van der Waals surface area contributed by atoms with Gasteiger partial charge >= 0.3 is 0 Å². The summed E-state index contributed by atoms with van der Waals surface area (Å²) in [4.78, 5) is 16.9. The highest BCUT2D eigenvalue weighted by Crippen LogP contribution is 2.15. The molecule has 1 fully saturated rings. The third-order valence-electron chi connectivity index (χ3n) is 5.49. The maximum atomic E-state index is 12.3. The van der Waals surface area contributed by atoms with E-state index in [1.807, 2.05) is 26.0 Å². The molecule has 6 heteroatoms. The fraction of sp³-hybridized carbons (Fsp3) is 0.619. The minimum atomic E-state index is -0.808. The number of piperazine rings is 1. The molecule has 1 atom stereocenters. The van der Waals surface area contributed by atoms with E-state index in [1.165, 1.54) is 5.56 Å². The monoisotopic (exact) mass is 372 g/mol. The van der Waals surface area contributed by atoms with Gasteiger partial charge in [0.05, 0.1) is 19.7 Å². The van der Waals surface area contributed by atoms with Crippen molar-refractivity contribution in [3.63, 3.8) is 0 Å². The van der Waals surface area contributed by atoms with Crippen LogP contribution in [0.1, 0.15) is 26.3 Å². The minimum absolute atomic E-state index is 0.0700. The Kier molecular flexibility index (Phi) is 7.64. The van der Waals surface area contributed by atoms with Crippen LogP contribution in [-0.4, -0.2) is 67.6 Å². The minimum Gasteiger partial charge on any atom is -0.497 e. The van der Waals surface area contributed by atoms with Gasteiger partial charge < -0.3 is 15.0 Å². The van der Waals surface area contributed by atoms with Crippen molar-refractivity contribution in [3.8, 4) is 11.8 Å². The van der Waals surface area contributed by atoms with Crippen molar-refractivity contribution >= 4 is 5.91 Å². The van der Waals surface area contributed by atoms with E-state index in [9.17, 15) is 10.1 Å². The molecule has 148 valence electrons. The Hall–Kier alpha value is -2.10. The summed E-state index contributed by atoms with van der Waals surface area (Å²) in [5.74, 6) is 0.885. The normalized spacial score (nSPS) is 17.9. The topological polar surface area (TPSA) is 68.6 Å². The van der Waals surface area contributed by atoms with Crippen LogP contribution < -0.4 is 10.1 Å². The Balaban J connectivity index is 1.71. The summed E-state index contributed by atoms with van der Waals surface area (Å²) in [6.07, 6.45) is 1.01. The van der Waals surface area contributed by atoms with Gasteiger partial charge in [-0.05, 0) is 37.0 Å². The van der Waals surface area contributed by atoms with Crippen molar-refractivity contribution in [2.75, 3.05) is 46.4 Å². The highest BCUT2D eigenvalue weighted by Gasteiger charge is 2.30. The highest BCUT2D eigenvalue weighted by atomic mass is 16.5. The molecule has 0 aliphatic carbocycles. The van der Waals surface area contributed by atoms with Gasteiger partial charge in [-0.3, -0.25) is 9.69 Å². The molecule has 0 aromatic heterocycles. The van der Waals surface area contributed by atoms with Gasteiger partial charge in [-0.1, -0.05) is 26.0 Å². The van der Waals surface area contributed by atoms with Gasteiger partial charge in [0.15, 0.2) is 0 Å². The number of hydrogen-bond acceptors (Lipinski definition) is 5. The zero-order valence-corrected chi connectivity index (χ0v) is 17.0. The number of methoxy groups -OCH3 is 1. The molecule has 0 bridgehead atoms. The van der Waals surface area contributed by atoms with Gasteiger partial charge in [0.25, 0.3) is 0 Å². The number of carbonyl (C=O) groups is 1. The Bertz CT molecular complexity index is 645. The molecule has 0 spiro atoms. The van der Waals surface area contributed by atoms with Gasteiger partial charge in [-0.15, -0.1) is 0 Å². The summed E-state index contributed by atoms with van der Waals surface area (Å²) < 4.78 is 5.19. The quantitative estimate of drug-likeness (QED) is 0.755. The molecule has 1 saturated heterocycles. The largest absolute Gasteiger partial charge is 0.497 e. The zero-order chi connectivity index (χ0) is 19.9. The molecule has 1 aliphatic rings. The lowest BCUT2D eigenvalue weighted by molar-refractivity contribution is -0.124. The lowest BCUT2D eigenvalue weighted by Gasteiger charge is -2.35. The molecule has 1 aromatic rings. The van der Waals surface area contributed by atoms with Crippen molar-refractivity contribution in [2.24, 2.45) is 5.92 Å². The van der Waals surface area contributed by atoms with Crippen LogP contribution in [0.15, 0.2) is 24.3 Å². The first-order valence-electron chi connectivity index (χ1n) is 9.66. The number of carbonyl (C=O) groups excluding carboxylic acids is 1. The van der Waals surface area contributed by atoms with Crippen LogP contribution in [0.2, 0.25) is 0 Å². The molecule has 0 saturated carbocycles. The number of ether oxygens (including phenoxy) is 1. The number of benzene rings is 1. The van der Waals surface area contributed by atoms with Crippen molar-refractivity contribution in [2.45, 2.75) is 32.7 Å². The van der Waals surface area contributed by atoms with E-state index in [0.717, 1.165) is 44.9 Å². The number of nitrogens with one attached hydrogen (secondary N) is 1. The summed E-state index contributed by atoms with van der Waals surface area (Å²) in [6.45, 7) is 10.7. The number of rotatable bonds is 8. The average Bonchev–Trinajstić information content (AvgIpc) is 2.67. The molecular formula is C21H32N4O2. The Morgan fingerprint density at radius 1 is 1.22 bits per heavy atom. The zero-order valence-electron chi connectivity index (χ0n) is 17.0. The van der Waals surface area contributed by atoms with E-state index in [0.29, 0.717) is 6.54 Å². The Morgan fingerprint density at radius 3 is 2.33 bits per heavy atom. The molecule has 2 rings (SSSR count). The van der Waals surface area contributed by atoms with Crippen LogP contribution >= 0.6 is 0 Å². The summed E-state index contributed by atoms with van der Waals surface area (Å²) in [6, 6.07) is 10.4. The van der Waals surface area contributed by atoms with Gasteiger partial charge in [0.1, 0.15) is 11.3 Å². The predicted octanol–water partition coefficient (Wildman–Crippen LogP) is 1.91. The molecule has 1 N–H and O–H groups in total.